The number of hydrogen-bond donors (Lipinski definition) is 0. The Hall–Kier alpha value is -2.86. The molecule has 2 aliphatic heterocycles. The Bertz CT molecular complexity index is 1030. The predicted octanol–water partition coefficient (Wildman–Crippen LogP) is 3.79. The number of likely N-dealkylation sites (tertiary alicyclic amines) is 1. The van der Waals surface area contributed by atoms with Crippen LogP contribution in [0.15, 0.2) is 48.7 Å². The lowest BCUT2D eigenvalue weighted by molar-refractivity contribution is -0.142. The molecule has 30 heavy (non-hydrogen) atoms. The lowest BCUT2D eigenvalue weighted by Gasteiger charge is -2.33. The molecule has 0 radical (unpaired) electrons. The predicted molar refractivity (Wildman–Crippen MR) is 115 cm³/mol. The molecule has 0 saturated carbocycles. The molecular weight excluding hydrogens is 378 g/mol. The molecule has 2 fully saturated rings. The Balaban J connectivity index is 1.19. The van der Waals surface area contributed by atoms with Crippen molar-refractivity contribution in [2.45, 2.75) is 37.9 Å². The van der Waals surface area contributed by atoms with Crippen LogP contribution < -0.4 is 4.74 Å². The standard InChI is InChI=1S/C24H27N3O3/c1-26-22-15-18(4-5-19(22)16-25-26)17-6-8-20(9-7-17)30-21-10-12-27(13-11-21)24(28)23-3-2-14-29-23/h4-9,15-16,21,23H,2-3,10-14H2,1H3/t23-/m1/s1. The molecule has 1 atom stereocenters. The number of rotatable bonds is 4. The average molecular weight is 405 g/mol. The van der Waals surface area contributed by atoms with Crippen molar-refractivity contribution in [2.24, 2.45) is 7.05 Å². The van der Waals surface area contributed by atoms with E-state index in [9.17, 15) is 4.79 Å². The topological polar surface area (TPSA) is 56.6 Å². The summed E-state index contributed by atoms with van der Waals surface area (Å²) in [5, 5.41) is 5.46. The van der Waals surface area contributed by atoms with Crippen LogP contribution >= 0.6 is 0 Å². The van der Waals surface area contributed by atoms with Gasteiger partial charge in [-0.15, -0.1) is 0 Å². The zero-order chi connectivity index (χ0) is 20.5. The summed E-state index contributed by atoms with van der Waals surface area (Å²) >= 11 is 0. The molecule has 6 heteroatoms. The van der Waals surface area contributed by atoms with Gasteiger partial charge in [0.1, 0.15) is 18.0 Å². The summed E-state index contributed by atoms with van der Waals surface area (Å²) in [6.45, 7) is 2.19. The molecule has 0 aliphatic carbocycles. The molecule has 1 aromatic heterocycles. The van der Waals surface area contributed by atoms with Crippen LogP contribution in [0, 0.1) is 0 Å². The summed E-state index contributed by atoms with van der Waals surface area (Å²) in [5.41, 5.74) is 3.44. The summed E-state index contributed by atoms with van der Waals surface area (Å²) in [5.74, 6) is 1.03. The number of benzene rings is 2. The maximum absolute atomic E-state index is 12.5. The molecule has 156 valence electrons. The number of fused-ring (bicyclic) bond motifs is 1. The van der Waals surface area contributed by atoms with E-state index in [2.05, 4.69) is 35.4 Å². The molecular formula is C24H27N3O3. The fraction of sp³-hybridized carbons (Fsp3) is 0.417. The van der Waals surface area contributed by atoms with Gasteiger partial charge < -0.3 is 14.4 Å². The van der Waals surface area contributed by atoms with Gasteiger partial charge in [0.15, 0.2) is 0 Å². The summed E-state index contributed by atoms with van der Waals surface area (Å²) in [4.78, 5) is 14.4. The van der Waals surface area contributed by atoms with Crippen LogP contribution in [0.25, 0.3) is 22.0 Å². The molecule has 2 aromatic carbocycles. The highest BCUT2D eigenvalue weighted by molar-refractivity contribution is 5.84. The third kappa shape index (κ3) is 3.79. The fourth-order valence-corrected chi connectivity index (χ4v) is 4.41. The Morgan fingerprint density at radius 1 is 1.07 bits per heavy atom. The first-order chi connectivity index (χ1) is 14.7. The van der Waals surface area contributed by atoms with Gasteiger partial charge >= 0.3 is 0 Å². The second kappa shape index (κ2) is 8.11. The van der Waals surface area contributed by atoms with Crippen LogP contribution in [0.5, 0.6) is 5.75 Å². The first kappa shape index (κ1) is 19.1. The maximum atomic E-state index is 12.5. The van der Waals surface area contributed by atoms with Gasteiger partial charge in [0.05, 0.1) is 11.7 Å². The number of piperidine rings is 1. The first-order valence-electron chi connectivity index (χ1n) is 10.8. The number of aryl methyl sites for hydroxylation is 1. The number of ether oxygens (including phenoxy) is 2. The van der Waals surface area contributed by atoms with E-state index in [1.54, 1.807) is 0 Å². The van der Waals surface area contributed by atoms with Gasteiger partial charge in [0, 0.05) is 45.0 Å². The minimum atomic E-state index is -0.222. The molecule has 6 nitrogen and oxygen atoms in total. The third-order valence-corrected chi connectivity index (χ3v) is 6.20. The number of nitrogens with zero attached hydrogens (tertiary/aromatic N) is 3. The van der Waals surface area contributed by atoms with Crippen molar-refractivity contribution in [3.05, 3.63) is 48.7 Å². The zero-order valence-corrected chi connectivity index (χ0v) is 17.3. The zero-order valence-electron chi connectivity index (χ0n) is 17.3. The molecule has 2 saturated heterocycles. The summed E-state index contributed by atoms with van der Waals surface area (Å²) < 4.78 is 13.6. The fourth-order valence-electron chi connectivity index (χ4n) is 4.41. The molecule has 5 rings (SSSR count). The van der Waals surface area contributed by atoms with E-state index < -0.39 is 0 Å². The highest BCUT2D eigenvalue weighted by Crippen LogP contribution is 2.27. The minimum absolute atomic E-state index is 0.148. The van der Waals surface area contributed by atoms with E-state index in [0.29, 0.717) is 6.61 Å². The van der Waals surface area contributed by atoms with Crippen LogP contribution in [0.2, 0.25) is 0 Å². The quantitative estimate of drug-likeness (QED) is 0.663. The number of aromatic nitrogens is 2. The van der Waals surface area contributed by atoms with E-state index in [-0.39, 0.29) is 18.1 Å². The van der Waals surface area contributed by atoms with Crippen molar-refractivity contribution in [1.29, 1.82) is 0 Å². The van der Waals surface area contributed by atoms with Gasteiger partial charge in [-0.2, -0.15) is 5.10 Å². The minimum Gasteiger partial charge on any atom is -0.490 e. The lowest BCUT2D eigenvalue weighted by atomic mass is 10.0. The average Bonchev–Trinajstić information content (AvgIpc) is 3.45. The van der Waals surface area contributed by atoms with Crippen LogP contribution in [-0.2, 0) is 16.6 Å². The summed E-state index contributed by atoms with van der Waals surface area (Å²) in [6, 6.07) is 14.7. The van der Waals surface area contributed by atoms with Crippen LogP contribution in [-0.4, -0.2) is 52.5 Å². The van der Waals surface area contributed by atoms with E-state index >= 15 is 0 Å². The summed E-state index contributed by atoms with van der Waals surface area (Å²) in [6.07, 6.45) is 5.37. The SMILES string of the molecule is Cn1ncc2ccc(-c3ccc(OC4CCN(C(=O)[C@H]5CCCO5)CC4)cc3)cc21. The highest BCUT2D eigenvalue weighted by Gasteiger charge is 2.31. The van der Waals surface area contributed by atoms with Gasteiger partial charge in [-0.25, -0.2) is 0 Å². The van der Waals surface area contributed by atoms with Gasteiger partial charge in [0.2, 0.25) is 0 Å². The van der Waals surface area contributed by atoms with Crippen LogP contribution in [0.3, 0.4) is 0 Å². The number of hydrogen-bond acceptors (Lipinski definition) is 4. The molecule has 3 heterocycles. The monoisotopic (exact) mass is 405 g/mol. The van der Waals surface area contributed by atoms with E-state index in [1.807, 2.05) is 35.0 Å². The largest absolute Gasteiger partial charge is 0.490 e. The second-order valence-corrected chi connectivity index (χ2v) is 8.21. The van der Waals surface area contributed by atoms with Gasteiger partial charge in [0.25, 0.3) is 5.91 Å². The van der Waals surface area contributed by atoms with Crippen molar-refractivity contribution in [1.82, 2.24) is 14.7 Å². The number of carbonyl (C=O) groups excluding carboxylic acids is 1. The lowest BCUT2D eigenvalue weighted by Crippen LogP contribution is -2.45. The molecule has 0 N–H and O–H groups in total. The Morgan fingerprint density at radius 2 is 1.83 bits per heavy atom. The Morgan fingerprint density at radius 3 is 2.57 bits per heavy atom. The van der Waals surface area contributed by atoms with Gasteiger partial charge in [-0.05, 0) is 42.2 Å². The molecule has 1 amide bonds. The molecule has 0 spiro atoms. The smallest absolute Gasteiger partial charge is 0.251 e. The molecule has 3 aromatic rings. The molecule has 0 bridgehead atoms. The van der Waals surface area contributed by atoms with Crippen molar-refractivity contribution < 1.29 is 14.3 Å². The highest BCUT2D eigenvalue weighted by atomic mass is 16.5. The first-order valence-corrected chi connectivity index (χ1v) is 10.8. The third-order valence-electron chi connectivity index (χ3n) is 6.20. The van der Waals surface area contributed by atoms with Crippen molar-refractivity contribution in [3.8, 4) is 16.9 Å². The van der Waals surface area contributed by atoms with Crippen molar-refractivity contribution in [2.75, 3.05) is 19.7 Å². The molecule has 2 aliphatic rings. The number of amides is 1. The van der Waals surface area contributed by atoms with Crippen LogP contribution in [0.1, 0.15) is 25.7 Å². The maximum Gasteiger partial charge on any atom is 0.251 e. The Labute approximate surface area is 176 Å². The van der Waals surface area contributed by atoms with E-state index in [4.69, 9.17) is 9.47 Å². The van der Waals surface area contributed by atoms with Gasteiger partial charge in [-0.3, -0.25) is 9.48 Å². The van der Waals surface area contributed by atoms with Crippen LogP contribution in [0.4, 0.5) is 0 Å². The van der Waals surface area contributed by atoms with Crippen molar-refractivity contribution in [3.63, 3.8) is 0 Å². The van der Waals surface area contributed by atoms with E-state index in [0.717, 1.165) is 61.0 Å². The van der Waals surface area contributed by atoms with Gasteiger partial charge in [-0.1, -0.05) is 24.3 Å². The second-order valence-electron chi connectivity index (χ2n) is 8.21. The van der Waals surface area contributed by atoms with E-state index in [1.165, 1.54) is 5.56 Å². The normalized spacial score (nSPS) is 20.0. The van der Waals surface area contributed by atoms with Crippen molar-refractivity contribution >= 4 is 16.8 Å². The Kier molecular flexibility index (Phi) is 5.17. The number of carbonyl (C=O) groups is 1. The molecule has 0 unspecified atom stereocenters. The summed E-state index contributed by atoms with van der Waals surface area (Å²) in [7, 11) is 1.96.